The van der Waals surface area contributed by atoms with Gasteiger partial charge in [-0.15, -0.1) is 0 Å². The molecule has 0 unspecified atom stereocenters. The second-order valence-corrected chi connectivity index (χ2v) is 5.84. The minimum atomic E-state index is -3.77. The number of hydrogen-bond donors (Lipinski definition) is 2. The molecule has 0 fully saturated rings. The number of hydrogen-bond acceptors (Lipinski definition) is 3. The third-order valence-electron chi connectivity index (χ3n) is 2.55. The van der Waals surface area contributed by atoms with Crippen molar-refractivity contribution in [2.45, 2.75) is 11.8 Å². The molecule has 0 atom stereocenters. The number of nitrogens with two attached hydrogens (primary N) is 1. The average Bonchev–Trinajstić information content (AvgIpc) is 2.32. The van der Waals surface area contributed by atoms with Gasteiger partial charge < -0.3 is 5.73 Å². The van der Waals surface area contributed by atoms with Gasteiger partial charge in [0.15, 0.2) is 0 Å². The quantitative estimate of drug-likeness (QED) is 0.848. The van der Waals surface area contributed by atoms with Gasteiger partial charge in [-0.1, -0.05) is 12.1 Å². The van der Waals surface area contributed by atoms with E-state index >= 15 is 0 Å². The average molecular weight is 280 g/mol. The third kappa shape index (κ3) is 3.03. The standard InChI is InChI=1S/C13H13FN2O2S/c1-9-3-2-4-10(7-9)16-19(17,18)11-5-6-12(14)13(15)8-11/h2-8,16H,15H2,1H3. The van der Waals surface area contributed by atoms with E-state index in [1.54, 1.807) is 18.2 Å². The van der Waals surface area contributed by atoms with Crippen LogP contribution in [0.25, 0.3) is 0 Å². The molecule has 0 aliphatic heterocycles. The Morgan fingerprint density at radius 2 is 1.89 bits per heavy atom. The lowest BCUT2D eigenvalue weighted by atomic mass is 10.2. The van der Waals surface area contributed by atoms with E-state index in [1.165, 1.54) is 6.07 Å². The number of nitrogen functional groups attached to an aromatic ring is 1. The summed E-state index contributed by atoms with van der Waals surface area (Å²) in [5.41, 5.74) is 6.54. The van der Waals surface area contributed by atoms with Crippen molar-refractivity contribution in [3.05, 3.63) is 53.8 Å². The van der Waals surface area contributed by atoms with E-state index < -0.39 is 15.8 Å². The zero-order chi connectivity index (χ0) is 14.0. The van der Waals surface area contributed by atoms with Crippen LogP contribution in [0.1, 0.15) is 5.56 Å². The van der Waals surface area contributed by atoms with Gasteiger partial charge in [0.05, 0.1) is 10.6 Å². The molecule has 0 aromatic heterocycles. The summed E-state index contributed by atoms with van der Waals surface area (Å²) in [6, 6.07) is 10.2. The van der Waals surface area contributed by atoms with E-state index in [4.69, 9.17) is 5.73 Å². The zero-order valence-corrected chi connectivity index (χ0v) is 11.0. The Labute approximate surface area is 111 Å². The molecule has 0 aliphatic carbocycles. The summed E-state index contributed by atoms with van der Waals surface area (Å²) < 4.78 is 39.6. The van der Waals surface area contributed by atoms with Crippen molar-refractivity contribution in [2.24, 2.45) is 0 Å². The van der Waals surface area contributed by atoms with Gasteiger partial charge in [-0.3, -0.25) is 4.72 Å². The van der Waals surface area contributed by atoms with Crippen LogP contribution in [0.3, 0.4) is 0 Å². The number of sulfonamides is 1. The number of benzene rings is 2. The number of aryl methyl sites for hydroxylation is 1. The summed E-state index contributed by atoms with van der Waals surface area (Å²) in [5.74, 6) is -0.644. The molecule has 4 nitrogen and oxygen atoms in total. The van der Waals surface area contributed by atoms with E-state index in [0.717, 1.165) is 17.7 Å². The van der Waals surface area contributed by atoms with E-state index in [2.05, 4.69) is 4.72 Å². The molecule has 3 N–H and O–H groups in total. The van der Waals surface area contributed by atoms with Gasteiger partial charge in [0, 0.05) is 5.69 Å². The Kier molecular flexibility index (Phi) is 3.44. The van der Waals surface area contributed by atoms with Gasteiger partial charge in [-0.2, -0.15) is 0 Å². The number of halogens is 1. The maximum atomic E-state index is 13.0. The minimum Gasteiger partial charge on any atom is -0.396 e. The van der Waals surface area contributed by atoms with Crippen molar-refractivity contribution in [1.29, 1.82) is 0 Å². The SMILES string of the molecule is Cc1cccc(NS(=O)(=O)c2ccc(F)c(N)c2)c1. The van der Waals surface area contributed by atoms with Crippen LogP contribution in [0.5, 0.6) is 0 Å². The summed E-state index contributed by atoms with van der Waals surface area (Å²) >= 11 is 0. The lowest BCUT2D eigenvalue weighted by Gasteiger charge is -2.09. The minimum absolute atomic E-state index is 0.0760. The highest BCUT2D eigenvalue weighted by atomic mass is 32.2. The molecule has 2 aromatic rings. The summed E-state index contributed by atoms with van der Waals surface area (Å²) in [7, 11) is -3.77. The van der Waals surface area contributed by atoms with Crippen LogP contribution >= 0.6 is 0 Å². The maximum Gasteiger partial charge on any atom is 0.261 e. The summed E-state index contributed by atoms with van der Waals surface area (Å²) in [6.07, 6.45) is 0. The Bertz CT molecular complexity index is 714. The van der Waals surface area contributed by atoms with Crippen molar-refractivity contribution < 1.29 is 12.8 Å². The molecule has 19 heavy (non-hydrogen) atoms. The third-order valence-corrected chi connectivity index (χ3v) is 3.93. The van der Waals surface area contributed by atoms with Gasteiger partial charge in [0.1, 0.15) is 5.82 Å². The molecule has 100 valence electrons. The first-order valence-electron chi connectivity index (χ1n) is 5.53. The summed E-state index contributed by atoms with van der Waals surface area (Å²) in [5, 5.41) is 0. The predicted octanol–water partition coefficient (Wildman–Crippen LogP) is 2.52. The molecular formula is C13H13FN2O2S. The van der Waals surface area contributed by atoms with Crippen molar-refractivity contribution in [3.8, 4) is 0 Å². The molecule has 0 saturated carbocycles. The first-order chi connectivity index (χ1) is 8.88. The highest BCUT2D eigenvalue weighted by molar-refractivity contribution is 7.92. The number of nitrogens with one attached hydrogen (secondary N) is 1. The molecular weight excluding hydrogens is 267 g/mol. The number of rotatable bonds is 3. The topological polar surface area (TPSA) is 72.2 Å². The van der Waals surface area contributed by atoms with Crippen molar-refractivity contribution in [1.82, 2.24) is 0 Å². The first-order valence-corrected chi connectivity index (χ1v) is 7.01. The van der Waals surface area contributed by atoms with Gasteiger partial charge in [0.25, 0.3) is 10.0 Å². The van der Waals surface area contributed by atoms with Crippen molar-refractivity contribution in [3.63, 3.8) is 0 Å². The zero-order valence-electron chi connectivity index (χ0n) is 10.2. The highest BCUT2D eigenvalue weighted by Gasteiger charge is 2.15. The van der Waals surface area contributed by atoms with Crippen LogP contribution in [0, 0.1) is 12.7 Å². The number of anilines is 2. The molecule has 0 aliphatic rings. The Morgan fingerprint density at radius 1 is 1.16 bits per heavy atom. The molecule has 0 spiro atoms. The largest absolute Gasteiger partial charge is 0.396 e. The summed E-state index contributed by atoms with van der Waals surface area (Å²) in [6.45, 7) is 1.85. The fourth-order valence-corrected chi connectivity index (χ4v) is 2.70. The Hall–Kier alpha value is -2.08. The Balaban J connectivity index is 2.35. The van der Waals surface area contributed by atoms with Crippen LogP contribution in [-0.2, 0) is 10.0 Å². The summed E-state index contributed by atoms with van der Waals surface area (Å²) in [4.78, 5) is -0.0760. The molecule has 0 bridgehead atoms. The van der Waals surface area contributed by atoms with Gasteiger partial charge in [-0.05, 0) is 42.8 Å². The fourth-order valence-electron chi connectivity index (χ4n) is 1.61. The van der Waals surface area contributed by atoms with Crippen molar-refractivity contribution in [2.75, 3.05) is 10.5 Å². The maximum absolute atomic E-state index is 13.0. The van der Waals surface area contributed by atoms with E-state index in [-0.39, 0.29) is 10.6 Å². The lowest BCUT2D eigenvalue weighted by molar-refractivity contribution is 0.600. The fraction of sp³-hybridized carbons (Fsp3) is 0.0769. The van der Waals surface area contributed by atoms with Crippen LogP contribution < -0.4 is 10.5 Å². The lowest BCUT2D eigenvalue weighted by Crippen LogP contribution is -2.13. The monoisotopic (exact) mass is 280 g/mol. The highest BCUT2D eigenvalue weighted by Crippen LogP contribution is 2.20. The first kappa shape index (κ1) is 13.4. The smallest absolute Gasteiger partial charge is 0.261 e. The Morgan fingerprint density at radius 3 is 2.53 bits per heavy atom. The second kappa shape index (κ2) is 4.89. The van der Waals surface area contributed by atoms with Gasteiger partial charge in [0.2, 0.25) is 0 Å². The van der Waals surface area contributed by atoms with Crippen LogP contribution in [-0.4, -0.2) is 8.42 Å². The molecule has 0 amide bonds. The molecule has 6 heteroatoms. The van der Waals surface area contributed by atoms with Crippen molar-refractivity contribution >= 4 is 21.4 Å². The van der Waals surface area contributed by atoms with Crippen LogP contribution in [0.15, 0.2) is 47.4 Å². The van der Waals surface area contributed by atoms with Crippen LogP contribution in [0.2, 0.25) is 0 Å². The van der Waals surface area contributed by atoms with Gasteiger partial charge in [-0.25, -0.2) is 12.8 Å². The van der Waals surface area contributed by atoms with E-state index in [9.17, 15) is 12.8 Å². The predicted molar refractivity (Wildman–Crippen MR) is 72.8 cm³/mol. The van der Waals surface area contributed by atoms with Gasteiger partial charge >= 0.3 is 0 Å². The molecule has 0 heterocycles. The normalized spacial score (nSPS) is 11.3. The van der Waals surface area contributed by atoms with E-state index in [1.807, 2.05) is 13.0 Å². The van der Waals surface area contributed by atoms with E-state index in [0.29, 0.717) is 5.69 Å². The van der Waals surface area contributed by atoms with Crippen LogP contribution in [0.4, 0.5) is 15.8 Å². The molecule has 2 aromatic carbocycles. The molecule has 0 saturated heterocycles. The second-order valence-electron chi connectivity index (χ2n) is 4.16. The molecule has 0 radical (unpaired) electrons. The molecule has 2 rings (SSSR count).